The third-order valence-corrected chi connectivity index (χ3v) is 5.78. The van der Waals surface area contributed by atoms with Crippen molar-refractivity contribution in [1.82, 2.24) is 0 Å². The lowest BCUT2D eigenvalue weighted by Crippen LogP contribution is -2.20. The Morgan fingerprint density at radius 3 is 2.37 bits per heavy atom. The van der Waals surface area contributed by atoms with Gasteiger partial charge >= 0.3 is 0 Å². The Morgan fingerprint density at radius 1 is 0.943 bits per heavy atom. The van der Waals surface area contributed by atoms with Gasteiger partial charge in [-0.15, -0.1) is 0 Å². The largest absolute Gasteiger partial charge is 0.482 e. The number of hydrogen-bond acceptors (Lipinski definition) is 4. The van der Waals surface area contributed by atoms with Gasteiger partial charge in [-0.1, -0.05) is 53.0 Å². The molecule has 0 aliphatic heterocycles. The Balaban J connectivity index is 1.64. The predicted octanol–water partition coefficient (Wildman–Crippen LogP) is 6.48. The van der Waals surface area contributed by atoms with Crippen LogP contribution >= 0.6 is 23.2 Å². The first kappa shape index (κ1) is 25.8. The van der Waals surface area contributed by atoms with Crippen molar-refractivity contribution in [3.63, 3.8) is 0 Å². The van der Waals surface area contributed by atoms with Crippen LogP contribution in [-0.4, -0.2) is 18.4 Å². The summed E-state index contributed by atoms with van der Waals surface area (Å²) in [6.45, 7) is 5.45. The first-order valence-electron chi connectivity index (χ1n) is 10.6. The minimum atomic E-state index is -0.524. The zero-order valence-corrected chi connectivity index (χ0v) is 20.9. The maximum Gasteiger partial charge on any atom is 0.266 e. The quantitative estimate of drug-likeness (QED) is 0.282. The lowest BCUT2D eigenvalue weighted by Gasteiger charge is -2.10. The van der Waals surface area contributed by atoms with Gasteiger partial charge in [0, 0.05) is 16.4 Å². The van der Waals surface area contributed by atoms with E-state index in [0.717, 1.165) is 16.7 Å². The molecule has 2 N–H and O–H groups in total. The zero-order valence-electron chi connectivity index (χ0n) is 19.4. The van der Waals surface area contributed by atoms with Crippen LogP contribution in [-0.2, 0) is 9.59 Å². The number of amides is 2. The predicted molar refractivity (Wildman–Crippen MR) is 140 cm³/mol. The fraction of sp³-hybridized carbons (Fsp3) is 0.148. The number of halogens is 2. The molecule has 0 aromatic heterocycles. The van der Waals surface area contributed by atoms with E-state index in [9.17, 15) is 14.9 Å². The Labute approximate surface area is 214 Å². The van der Waals surface area contributed by atoms with Crippen molar-refractivity contribution in [2.24, 2.45) is 0 Å². The molecular formula is C27H23Cl2N3O3. The summed E-state index contributed by atoms with van der Waals surface area (Å²) in [6.07, 6.45) is 1.43. The number of anilines is 2. The summed E-state index contributed by atoms with van der Waals surface area (Å²) in [4.78, 5) is 24.8. The van der Waals surface area contributed by atoms with Crippen molar-refractivity contribution < 1.29 is 14.3 Å². The fourth-order valence-electron chi connectivity index (χ4n) is 3.19. The second kappa shape index (κ2) is 11.6. The summed E-state index contributed by atoms with van der Waals surface area (Å²) in [5.74, 6) is -0.609. The molecule has 6 nitrogen and oxygen atoms in total. The van der Waals surface area contributed by atoms with Crippen molar-refractivity contribution in [2.45, 2.75) is 20.8 Å². The number of aryl methyl sites for hydroxylation is 3. The highest BCUT2D eigenvalue weighted by Gasteiger charge is 2.12. The van der Waals surface area contributed by atoms with Crippen molar-refractivity contribution in [2.75, 3.05) is 17.2 Å². The van der Waals surface area contributed by atoms with Crippen LogP contribution in [0.3, 0.4) is 0 Å². The smallest absolute Gasteiger partial charge is 0.266 e. The molecule has 35 heavy (non-hydrogen) atoms. The van der Waals surface area contributed by atoms with Gasteiger partial charge in [-0.05, 0) is 73.9 Å². The highest BCUT2D eigenvalue weighted by molar-refractivity contribution is 6.32. The summed E-state index contributed by atoms with van der Waals surface area (Å²) >= 11 is 12.4. The molecule has 0 aliphatic carbocycles. The van der Waals surface area contributed by atoms with Crippen LogP contribution in [0.25, 0.3) is 6.08 Å². The number of rotatable bonds is 7. The van der Waals surface area contributed by atoms with Crippen molar-refractivity contribution in [3.8, 4) is 11.8 Å². The van der Waals surface area contributed by atoms with Gasteiger partial charge in [-0.25, -0.2) is 0 Å². The van der Waals surface area contributed by atoms with E-state index < -0.39 is 5.91 Å². The number of ether oxygens (including phenoxy) is 1. The topological polar surface area (TPSA) is 91.2 Å². The Morgan fingerprint density at radius 2 is 1.71 bits per heavy atom. The molecule has 0 spiro atoms. The Kier molecular flexibility index (Phi) is 8.53. The molecule has 3 aromatic rings. The number of carbonyl (C=O) groups is 2. The van der Waals surface area contributed by atoms with E-state index in [4.69, 9.17) is 27.9 Å². The van der Waals surface area contributed by atoms with Gasteiger partial charge in [-0.2, -0.15) is 5.26 Å². The number of nitriles is 1. The van der Waals surface area contributed by atoms with Gasteiger partial charge in [0.1, 0.15) is 17.4 Å². The van der Waals surface area contributed by atoms with Crippen LogP contribution in [0.15, 0.2) is 60.2 Å². The molecule has 0 saturated carbocycles. The van der Waals surface area contributed by atoms with E-state index in [1.165, 1.54) is 6.08 Å². The van der Waals surface area contributed by atoms with Gasteiger partial charge < -0.3 is 15.4 Å². The van der Waals surface area contributed by atoms with Crippen molar-refractivity contribution in [3.05, 3.63) is 92.5 Å². The maximum absolute atomic E-state index is 12.6. The van der Waals surface area contributed by atoms with Crippen molar-refractivity contribution >= 4 is 52.5 Å². The van der Waals surface area contributed by atoms with E-state index >= 15 is 0 Å². The SMILES string of the molecule is Cc1ccc(NC(=O)/C(C#N)=C/c2ccc(OCC(=O)Nc3ccc(C)c(Cl)c3)c(Cl)c2)c(C)c1. The monoisotopic (exact) mass is 507 g/mol. The van der Waals surface area contributed by atoms with Crippen LogP contribution in [0.5, 0.6) is 5.75 Å². The number of hydrogen-bond donors (Lipinski definition) is 2. The van der Waals surface area contributed by atoms with E-state index in [2.05, 4.69) is 10.6 Å². The molecule has 8 heteroatoms. The summed E-state index contributed by atoms with van der Waals surface area (Å²) in [5, 5.41) is 15.7. The molecule has 0 saturated heterocycles. The summed E-state index contributed by atoms with van der Waals surface area (Å²) in [5.41, 5.74) is 4.53. The summed E-state index contributed by atoms with van der Waals surface area (Å²) in [6, 6.07) is 17.5. The van der Waals surface area contributed by atoms with E-state index in [1.807, 2.05) is 39.0 Å². The molecule has 0 unspecified atom stereocenters. The van der Waals surface area contributed by atoms with Gasteiger partial charge in [0.15, 0.2) is 6.61 Å². The Hall–Kier alpha value is -3.79. The lowest BCUT2D eigenvalue weighted by molar-refractivity contribution is -0.118. The minimum Gasteiger partial charge on any atom is -0.482 e. The molecule has 0 fully saturated rings. The third-order valence-electron chi connectivity index (χ3n) is 5.08. The molecule has 2 amide bonds. The van der Waals surface area contributed by atoms with Gasteiger partial charge in [-0.3, -0.25) is 9.59 Å². The fourth-order valence-corrected chi connectivity index (χ4v) is 3.62. The molecule has 0 aliphatic rings. The lowest BCUT2D eigenvalue weighted by atomic mass is 10.1. The maximum atomic E-state index is 12.6. The molecule has 0 radical (unpaired) electrons. The van der Waals surface area contributed by atoms with Crippen LogP contribution < -0.4 is 15.4 Å². The standard InChI is InChI=1S/C27H23Cl2N3O3/c1-16-4-8-24(18(3)10-16)32-27(34)20(14-30)11-19-6-9-25(23(29)12-19)35-15-26(33)31-21-7-5-17(2)22(28)13-21/h4-13H,15H2,1-3H3,(H,31,33)(H,32,34)/b20-11+. The summed E-state index contributed by atoms with van der Waals surface area (Å²) in [7, 11) is 0. The first-order valence-corrected chi connectivity index (χ1v) is 11.4. The molecule has 3 aromatic carbocycles. The average molecular weight is 508 g/mol. The zero-order chi connectivity index (χ0) is 25.5. The number of nitrogens with one attached hydrogen (secondary N) is 2. The molecule has 178 valence electrons. The van der Waals surface area contributed by atoms with E-state index in [0.29, 0.717) is 27.7 Å². The highest BCUT2D eigenvalue weighted by atomic mass is 35.5. The number of nitrogens with zero attached hydrogens (tertiary/aromatic N) is 1. The molecule has 0 heterocycles. The van der Waals surface area contributed by atoms with E-state index in [-0.39, 0.29) is 23.1 Å². The van der Waals surface area contributed by atoms with Gasteiger partial charge in [0.25, 0.3) is 11.8 Å². The molecule has 0 atom stereocenters. The normalized spacial score (nSPS) is 10.9. The molecule has 3 rings (SSSR count). The Bertz CT molecular complexity index is 1360. The van der Waals surface area contributed by atoms with Crippen LogP contribution in [0.4, 0.5) is 11.4 Å². The highest BCUT2D eigenvalue weighted by Crippen LogP contribution is 2.27. The molecule has 0 bridgehead atoms. The average Bonchev–Trinajstić information content (AvgIpc) is 2.81. The van der Waals surface area contributed by atoms with Crippen LogP contribution in [0.1, 0.15) is 22.3 Å². The molecular weight excluding hydrogens is 485 g/mol. The second-order valence-electron chi connectivity index (χ2n) is 7.93. The van der Waals surface area contributed by atoms with Gasteiger partial charge in [0.05, 0.1) is 5.02 Å². The minimum absolute atomic E-state index is 0.0779. The first-order chi connectivity index (χ1) is 16.7. The van der Waals surface area contributed by atoms with Crippen molar-refractivity contribution in [1.29, 1.82) is 5.26 Å². The number of carbonyl (C=O) groups excluding carboxylic acids is 2. The summed E-state index contributed by atoms with van der Waals surface area (Å²) < 4.78 is 5.52. The second-order valence-corrected chi connectivity index (χ2v) is 8.75. The van der Waals surface area contributed by atoms with Gasteiger partial charge in [0.2, 0.25) is 0 Å². The van der Waals surface area contributed by atoms with Crippen LogP contribution in [0.2, 0.25) is 10.0 Å². The van der Waals surface area contributed by atoms with E-state index in [1.54, 1.807) is 42.5 Å². The van der Waals surface area contributed by atoms with Crippen LogP contribution in [0, 0.1) is 32.1 Å². The number of benzene rings is 3. The third kappa shape index (κ3) is 7.10.